The highest BCUT2D eigenvalue weighted by Crippen LogP contribution is 2.22. The predicted octanol–water partition coefficient (Wildman–Crippen LogP) is 1.39. The molecule has 0 spiro atoms. The number of benzene rings is 1. The molecule has 4 nitrogen and oxygen atoms in total. The Bertz CT molecular complexity index is 544. The molecule has 2 heterocycles. The van der Waals surface area contributed by atoms with Crippen LogP contribution in [0.25, 0.3) is 0 Å². The number of aryl methyl sites for hydroxylation is 1. The van der Waals surface area contributed by atoms with Gasteiger partial charge in [-0.25, -0.2) is 12.7 Å². The summed E-state index contributed by atoms with van der Waals surface area (Å²) in [6.07, 6.45) is 3.85. The molecule has 1 N–H and O–H groups in total. The number of sulfonamides is 1. The van der Waals surface area contributed by atoms with Crippen LogP contribution in [0.5, 0.6) is 0 Å². The third kappa shape index (κ3) is 3.22. The fraction of sp³-hybridized carbons (Fsp3) is 0.600. The molecule has 1 aromatic carbocycles. The van der Waals surface area contributed by atoms with Crippen LogP contribution in [0.15, 0.2) is 30.3 Å². The van der Waals surface area contributed by atoms with Crippen LogP contribution in [0.3, 0.4) is 0 Å². The Kier molecular flexibility index (Phi) is 4.10. The van der Waals surface area contributed by atoms with E-state index in [1.165, 1.54) is 6.42 Å². The van der Waals surface area contributed by atoms with Crippen LogP contribution in [0, 0.1) is 0 Å². The number of hydrogen-bond acceptors (Lipinski definition) is 3. The lowest BCUT2D eigenvalue weighted by Crippen LogP contribution is -2.40. The summed E-state index contributed by atoms with van der Waals surface area (Å²) in [5, 5.41) is 3.52. The van der Waals surface area contributed by atoms with Gasteiger partial charge in [0, 0.05) is 25.2 Å². The Labute approximate surface area is 121 Å². The first-order chi connectivity index (χ1) is 9.63. The standard InChI is InChI=1S/C15H22N2O2S/c18-20(19,11-9-13-4-2-1-3-5-13)17-10-8-14-6-7-15(12-17)16-14/h1-5,14-16H,6-12H2. The molecule has 110 valence electrons. The van der Waals surface area contributed by atoms with E-state index in [1.807, 2.05) is 30.3 Å². The van der Waals surface area contributed by atoms with E-state index in [0.717, 1.165) is 18.4 Å². The molecule has 0 aliphatic carbocycles. The van der Waals surface area contributed by atoms with Crippen molar-refractivity contribution in [1.29, 1.82) is 0 Å². The number of nitrogens with zero attached hydrogens (tertiary/aromatic N) is 1. The average molecular weight is 294 g/mol. The Morgan fingerprint density at radius 3 is 2.65 bits per heavy atom. The summed E-state index contributed by atoms with van der Waals surface area (Å²) in [6, 6.07) is 10.7. The quantitative estimate of drug-likeness (QED) is 0.913. The highest BCUT2D eigenvalue weighted by molar-refractivity contribution is 7.89. The highest BCUT2D eigenvalue weighted by Gasteiger charge is 2.33. The summed E-state index contributed by atoms with van der Waals surface area (Å²) in [5.41, 5.74) is 1.09. The zero-order valence-electron chi connectivity index (χ0n) is 11.7. The van der Waals surface area contributed by atoms with Crippen molar-refractivity contribution in [2.24, 2.45) is 0 Å². The van der Waals surface area contributed by atoms with Gasteiger partial charge in [0.25, 0.3) is 0 Å². The molecule has 2 atom stereocenters. The molecule has 0 aromatic heterocycles. The van der Waals surface area contributed by atoms with Crippen LogP contribution in [0.4, 0.5) is 0 Å². The molecule has 2 aliphatic heterocycles. The number of nitrogens with one attached hydrogen (secondary N) is 1. The van der Waals surface area contributed by atoms with E-state index in [2.05, 4.69) is 5.32 Å². The number of rotatable bonds is 4. The molecule has 0 amide bonds. The van der Waals surface area contributed by atoms with Gasteiger partial charge in [0.15, 0.2) is 0 Å². The van der Waals surface area contributed by atoms with Crippen molar-refractivity contribution in [3.05, 3.63) is 35.9 Å². The van der Waals surface area contributed by atoms with E-state index < -0.39 is 10.0 Å². The van der Waals surface area contributed by atoms with Crippen LogP contribution in [-0.2, 0) is 16.4 Å². The first-order valence-corrected chi connectivity index (χ1v) is 9.02. The van der Waals surface area contributed by atoms with E-state index in [4.69, 9.17) is 0 Å². The van der Waals surface area contributed by atoms with Crippen LogP contribution >= 0.6 is 0 Å². The minimum Gasteiger partial charge on any atom is -0.310 e. The van der Waals surface area contributed by atoms with Crippen LogP contribution in [0.1, 0.15) is 24.8 Å². The van der Waals surface area contributed by atoms with Crippen LogP contribution in [-0.4, -0.2) is 43.6 Å². The van der Waals surface area contributed by atoms with Crippen molar-refractivity contribution in [2.75, 3.05) is 18.8 Å². The van der Waals surface area contributed by atoms with Crippen molar-refractivity contribution in [3.63, 3.8) is 0 Å². The molecule has 2 saturated heterocycles. The van der Waals surface area contributed by atoms with Crippen molar-refractivity contribution in [2.45, 2.75) is 37.8 Å². The van der Waals surface area contributed by atoms with E-state index in [9.17, 15) is 8.42 Å². The van der Waals surface area contributed by atoms with Gasteiger partial charge in [0.1, 0.15) is 0 Å². The van der Waals surface area contributed by atoms with Crippen LogP contribution < -0.4 is 5.32 Å². The van der Waals surface area contributed by atoms with E-state index in [0.29, 0.717) is 31.6 Å². The zero-order valence-corrected chi connectivity index (χ0v) is 12.5. The molecule has 2 fully saturated rings. The Morgan fingerprint density at radius 2 is 1.85 bits per heavy atom. The molecule has 5 heteroatoms. The molecule has 3 rings (SSSR count). The van der Waals surface area contributed by atoms with Crippen molar-refractivity contribution < 1.29 is 8.42 Å². The number of fused-ring (bicyclic) bond motifs is 2. The van der Waals surface area contributed by atoms with Gasteiger partial charge in [0.05, 0.1) is 5.75 Å². The zero-order chi connectivity index (χ0) is 14.0. The average Bonchev–Trinajstić information content (AvgIpc) is 2.76. The second-order valence-electron chi connectivity index (χ2n) is 5.84. The van der Waals surface area contributed by atoms with E-state index >= 15 is 0 Å². The smallest absolute Gasteiger partial charge is 0.214 e. The third-order valence-electron chi connectivity index (χ3n) is 4.37. The summed E-state index contributed by atoms with van der Waals surface area (Å²) in [7, 11) is -3.13. The Morgan fingerprint density at radius 1 is 1.10 bits per heavy atom. The summed E-state index contributed by atoms with van der Waals surface area (Å²) in [4.78, 5) is 0. The second-order valence-corrected chi connectivity index (χ2v) is 7.92. The minimum absolute atomic E-state index is 0.217. The molecule has 0 saturated carbocycles. The van der Waals surface area contributed by atoms with Crippen molar-refractivity contribution >= 4 is 10.0 Å². The van der Waals surface area contributed by atoms with Gasteiger partial charge in [-0.15, -0.1) is 0 Å². The molecule has 2 bridgehead atoms. The lowest BCUT2D eigenvalue weighted by molar-refractivity contribution is 0.383. The number of hydrogen-bond donors (Lipinski definition) is 1. The van der Waals surface area contributed by atoms with Gasteiger partial charge in [-0.1, -0.05) is 30.3 Å². The maximum atomic E-state index is 12.5. The van der Waals surface area contributed by atoms with Crippen LogP contribution in [0.2, 0.25) is 0 Å². The molecule has 20 heavy (non-hydrogen) atoms. The normalized spacial score (nSPS) is 27.4. The fourth-order valence-electron chi connectivity index (χ4n) is 3.18. The highest BCUT2D eigenvalue weighted by atomic mass is 32.2. The minimum atomic E-state index is -3.13. The second kappa shape index (κ2) is 5.84. The molecule has 2 aliphatic rings. The summed E-state index contributed by atoms with van der Waals surface area (Å²) in [5.74, 6) is 0.217. The molecular formula is C15H22N2O2S. The summed E-state index contributed by atoms with van der Waals surface area (Å²) in [6.45, 7) is 1.32. The summed E-state index contributed by atoms with van der Waals surface area (Å²) < 4.78 is 26.7. The van der Waals surface area contributed by atoms with Crippen molar-refractivity contribution in [1.82, 2.24) is 9.62 Å². The first-order valence-electron chi connectivity index (χ1n) is 7.41. The Balaban J connectivity index is 1.63. The first kappa shape index (κ1) is 14.0. The monoisotopic (exact) mass is 294 g/mol. The lowest BCUT2D eigenvalue weighted by atomic mass is 10.1. The van der Waals surface area contributed by atoms with Gasteiger partial charge in [-0.3, -0.25) is 0 Å². The maximum absolute atomic E-state index is 12.5. The maximum Gasteiger partial charge on any atom is 0.214 e. The van der Waals surface area contributed by atoms with Gasteiger partial charge >= 0.3 is 0 Å². The lowest BCUT2D eigenvalue weighted by Gasteiger charge is -2.23. The third-order valence-corrected chi connectivity index (χ3v) is 6.21. The molecule has 2 unspecified atom stereocenters. The topological polar surface area (TPSA) is 49.4 Å². The van der Waals surface area contributed by atoms with Crippen molar-refractivity contribution in [3.8, 4) is 0 Å². The Hall–Kier alpha value is -0.910. The molecule has 1 aromatic rings. The molecule has 0 radical (unpaired) electrons. The van der Waals surface area contributed by atoms with Gasteiger partial charge < -0.3 is 5.32 Å². The van der Waals surface area contributed by atoms with Gasteiger partial charge in [-0.05, 0) is 31.2 Å². The molecular weight excluding hydrogens is 272 g/mol. The fourth-order valence-corrected chi connectivity index (χ4v) is 4.73. The largest absolute Gasteiger partial charge is 0.310 e. The van der Waals surface area contributed by atoms with E-state index in [-0.39, 0.29) is 5.75 Å². The summed E-state index contributed by atoms with van der Waals surface area (Å²) >= 11 is 0. The van der Waals surface area contributed by atoms with Gasteiger partial charge in [0.2, 0.25) is 10.0 Å². The predicted molar refractivity (Wildman–Crippen MR) is 80.1 cm³/mol. The van der Waals surface area contributed by atoms with E-state index in [1.54, 1.807) is 4.31 Å². The van der Waals surface area contributed by atoms with Gasteiger partial charge in [-0.2, -0.15) is 0 Å². The SMILES string of the molecule is O=S(=O)(CCc1ccccc1)N1CCC2CCC(C1)N2.